The summed E-state index contributed by atoms with van der Waals surface area (Å²) in [6.07, 6.45) is 2.76. The normalized spacial score (nSPS) is 21.6. The molecule has 0 heterocycles. The number of rotatable bonds is 7. The highest BCUT2D eigenvalue weighted by atomic mass is 31.2. The molecule has 0 radical (unpaired) electrons. The summed E-state index contributed by atoms with van der Waals surface area (Å²) in [5.74, 6) is 0.517. The summed E-state index contributed by atoms with van der Waals surface area (Å²) in [7, 11) is 1.67. The van der Waals surface area contributed by atoms with E-state index in [9.17, 15) is 4.57 Å². The molecule has 1 fully saturated rings. The van der Waals surface area contributed by atoms with Crippen molar-refractivity contribution < 1.29 is 4.57 Å². The summed E-state index contributed by atoms with van der Waals surface area (Å²) in [4.78, 5) is 2.35. The maximum atomic E-state index is 14.3. The molecular weight excluding hydrogens is 361 g/mol. The predicted octanol–water partition coefficient (Wildman–Crippen LogP) is 4.88. The van der Waals surface area contributed by atoms with E-state index >= 15 is 0 Å². The Labute approximate surface area is 168 Å². The second kappa shape index (κ2) is 7.70. The van der Waals surface area contributed by atoms with Crippen LogP contribution in [-0.2, 0) is 4.57 Å². The van der Waals surface area contributed by atoms with Crippen molar-refractivity contribution in [1.82, 2.24) is 4.90 Å². The Morgan fingerprint density at radius 3 is 1.75 bits per heavy atom. The van der Waals surface area contributed by atoms with Gasteiger partial charge in [-0.1, -0.05) is 91.0 Å². The molecule has 4 rings (SSSR count). The molecule has 3 aromatic rings. The van der Waals surface area contributed by atoms with Crippen molar-refractivity contribution in [3.05, 3.63) is 96.6 Å². The Morgan fingerprint density at radius 1 is 0.821 bits per heavy atom. The van der Waals surface area contributed by atoms with Gasteiger partial charge in [0.1, 0.15) is 7.14 Å². The molecule has 2 atom stereocenters. The smallest absolute Gasteiger partial charge is 0.143 e. The first kappa shape index (κ1) is 19.2. The van der Waals surface area contributed by atoms with Gasteiger partial charge in [-0.3, -0.25) is 0 Å². The van der Waals surface area contributed by atoms with Gasteiger partial charge >= 0.3 is 0 Å². The summed E-state index contributed by atoms with van der Waals surface area (Å²) in [5, 5.41) is 1.93. The lowest BCUT2D eigenvalue weighted by Crippen LogP contribution is -2.34. The van der Waals surface area contributed by atoms with Gasteiger partial charge in [0.25, 0.3) is 0 Å². The Kier molecular flexibility index (Phi) is 5.27. The average molecular weight is 389 g/mol. The zero-order chi connectivity index (χ0) is 19.6. The first-order valence-electron chi connectivity index (χ1n) is 9.99. The van der Waals surface area contributed by atoms with Gasteiger partial charge < -0.3 is 9.46 Å². The van der Waals surface area contributed by atoms with Crippen molar-refractivity contribution in [1.29, 1.82) is 0 Å². The molecule has 0 spiro atoms. The Hall–Kier alpha value is -2.15. The summed E-state index contributed by atoms with van der Waals surface area (Å²) in [6, 6.07) is 30.8. The van der Waals surface area contributed by atoms with E-state index in [1.165, 1.54) is 5.56 Å². The van der Waals surface area contributed by atoms with Crippen LogP contribution in [0.15, 0.2) is 91.0 Å². The van der Waals surface area contributed by atoms with Gasteiger partial charge in [-0.2, -0.15) is 0 Å². The number of likely N-dealkylation sites (N-methyl/N-ethyl adjacent to an activating group) is 1. The summed E-state index contributed by atoms with van der Waals surface area (Å²) in [6.45, 7) is 0. The van der Waals surface area contributed by atoms with Gasteiger partial charge in [-0.25, -0.2) is 0 Å². The fourth-order valence-electron chi connectivity index (χ4n) is 4.50. The predicted molar refractivity (Wildman–Crippen MR) is 119 cm³/mol. The van der Waals surface area contributed by atoms with Gasteiger partial charge in [0.15, 0.2) is 0 Å². The molecule has 2 nitrogen and oxygen atoms in total. The van der Waals surface area contributed by atoms with Crippen molar-refractivity contribution in [3.8, 4) is 0 Å². The average Bonchev–Trinajstić information content (AvgIpc) is 3.50. The molecule has 1 saturated carbocycles. The molecule has 144 valence electrons. The Bertz CT molecular complexity index is 912. The highest BCUT2D eigenvalue weighted by Crippen LogP contribution is 2.59. The van der Waals surface area contributed by atoms with Gasteiger partial charge in [0, 0.05) is 28.2 Å². The van der Waals surface area contributed by atoms with Crippen LogP contribution in [0, 0.1) is 0 Å². The first-order valence-corrected chi connectivity index (χ1v) is 11.9. The standard InChI is InChI=1S/C25H28NOP/c1-26(2)25(20-24(25)21-12-6-3-7-13-21)18-19-28(27,22-14-8-4-9-15-22)23-16-10-5-11-17-23/h3-17,24H,18-20H2,1-2H3/t24-,25+/m1/s1. The molecule has 0 amide bonds. The molecule has 28 heavy (non-hydrogen) atoms. The van der Waals surface area contributed by atoms with Crippen LogP contribution in [0.5, 0.6) is 0 Å². The molecule has 0 aliphatic heterocycles. The SMILES string of the molecule is CN(C)[C@@]1(CCP(=O)(c2ccccc2)c2ccccc2)C[C@@H]1c1ccccc1. The van der Waals surface area contributed by atoms with E-state index in [-0.39, 0.29) is 5.54 Å². The summed E-state index contributed by atoms with van der Waals surface area (Å²) >= 11 is 0. The van der Waals surface area contributed by atoms with Gasteiger partial charge in [0.05, 0.1) is 0 Å². The number of benzene rings is 3. The maximum Gasteiger partial charge on any atom is 0.143 e. The van der Waals surface area contributed by atoms with E-state index in [1.54, 1.807) is 0 Å². The third-order valence-corrected chi connectivity index (χ3v) is 9.46. The van der Waals surface area contributed by atoms with Crippen LogP contribution in [0.2, 0.25) is 0 Å². The fourth-order valence-corrected chi connectivity index (χ4v) is 7.32. The van der Waals surface area contributed by atoms with Crippen molar-refractivity contribution in [2.24, 2.45) is 0 Å². The molecule has 0 saturated heterocycles. The topological polar surface area (TPSA) is 20.3 Å². The van der Waals surface area contributed by atoms with Crippen molar-refractivity contribution in [2.45, 2.75) is 24.3 Å². The van der Waals surface area contributed by atoms with Crippen LogP contribution in [0.25, 0.3) is 0 Å². The van der Waals surface area contributed by atoms with Crippen LogP contribution in [0.3, 0.4) is 0 Å². The van der Waals surface area contributed by atoms with Crippen molar-refractivity contribution in [2.75, 3.05) is 20.3 Å². The zero-order valence-electron chi connectivity index (χ0n) is 16.7. The molecule has 1 aliphatic carbocycles. The third kappa shape index (κ3) is 3.48. The van der Waals surface area contributed by atoms with E-state index in [0.29, 0.717) is 12.1 Å². The van der Waals surface area contributed by atoms with E-state index in [2.05, 4.69) is 49.3 Å². The second-order valence-electron chi connectivity index (χ2n) is 8.05. The molecule has 1 aliphatic rings. The van der Waals surface area contributed by atoms with E-state index in [1.807, 2.05) is 60.7 Å². The van der Waals surface area contributed by atoms with Gasteiger partial charge in [-0.15, -0.1) is 0 Å². The van der Waals surface area contributed by atoms with Crippen LogP contribution in [0.1, 0.15) is 24.3 Å². The van der Waals surface area contributed by atoms with Crippen LogP contribution in [-0.4, -0.2) is 30.7 Å². The number of hydrogen-bond donors (Lipinski definition) is 0. The summed E-state index contributed by atoms with van der Waals surface area (Å²) < 4.78 is 14.3. The van der Waals surface area contributed by atoms with Gasteiger partial charge in [0.2, 0.25) is 0 Å². The molecule has 0 unspecified atom stereocenters. The Morgan fingerprint density at radius 2 is 1.29 bits per heavy atom. The lowest BCUT2D eigenvalue weighted by atomic mass is 10.0. The summed E-state index contributed by atoms with van der Waals surface area (Å²) in [5.41, 5.74) is 1.49. The van der Waals surface area contributed by atoms with E-state index in [4.69, 9.17) is 0 Å². The van der Waals surface area contributed by atoms with Gasteiger partial charge in [-0.05, 0) is 32.5 Å². The van der Waals surface area contributed by atoms with Crippen molar-refractivity contribution >= 4 is 17.8 Å². The lowest BCUT2D eigenvalue weighted by molar-refractivity contribution is 0.256. The molecule has 0 aromatic heterocycles. The first-order chi connectivity index (χ1) is 13.6. The third-order valence-electron chi connectivity index (χ3n) is 6.34. The lowest BCUT2D eigenvalue weighted by Gasteiger charge is -2.29. The largest absolute Gasteiger partial charge is 0.314 e. The number of nitrogens with zero attached hydrogens (tertiary/aromatic N) is 1. The van der Waals surface area contributed by atoms with Crippen molar-refractivity contribution in [3.63, 3.8) is 0 Å². The molecule has 3 aromatic carbocycles. The minimum absolute atomic E-state index is 0.0978. The fraction of sp³-hybridized carbons (Fsp3) is 0.280. The molecule has 0 N–H and O–H groups in total. The Balaban J connectivity index is 1.64. The monoisotopic (exact) mass is 389 g/mol. The minimum Gasteiger partial charge on any atom is -0.314 e. The quantitative estimate of drug-likeness (QED) is 0.537. The second-order valence-corrected chi connectivity index (χ2v) is 11.0. The van der Waals surface area contributed by atoms with Crippen LogP contribution < -0.4 is 10.6 Å². The highest BCUT2D eigenvalue weighted by molar-refractivity contribution is 7.78. The van der Waals surface area contributed by atoms with Crippen LogP contribution in [0.4, 0.5) is 0 Å². The van der Waals surface area contributed by atoms with E-state index in [0.717, 1.165) is 23.5 Å². The molecule has 3 heteroatoms. The zero-order valence-corrected chi connectivity index (χ0v) is 17.6. The molecule has 0 bridgehead atoms. The molecular formula is C25H28NOP. The van der Waals surface area contributed by atoms with Crippen LogP contribution >= 0.6 is 7.14 Å². The van der Waals surface area contributed by atoms with E-state index < -0.39 is 7.14 Å². The minimum atomic E-state index is -2.66. The maximum absolute atomic E-state index is 14.3. The number of hydrogen-bond acceptors (Lipinski definition) is 2. The highest BCUT2D eigenvalue weighted by Gasteiger charge is 2.56.